The summed E-state index contributed by atoms with van der Waals surface area (Å²) in [6.45, 7) is 2.20. The van der Waals surface area contributed by atoms with E-state index in [2.05, 4.69) is 9.88 Å². The predicted molar refractivity (Wildman–Crippen MR) is 118 cm³/mol. The van der Waals surface area contributed by atoms with Crippen LogP contribution in [0.2, 0.25) is 0 Å². The standard InChI is InChI=1S/C24H21FN4O3/c25-17-7-9-18(10-8-17)27-12-14-28(15-13-27)22(30)16-29-20-5-3-11-26-23(20)32-21-6-2-1-4-19(21)24(29)31/h1-11H,12-16H2. The minimum atomic E-state index is -0.300. The molecular weight excluding hydrogens is 411 g/mol. The molecule has 0 aliphatic carbocycles. The number of aromatic nitrogens is 1. The number of fused-ring (bicyclic) bond motifs is 2. The first kappa shape index (κ1) is 20.0. The van der Waals surface area contributed by atoms with Gasteiger partial charge in [0, 0.05) is 38.1 Å². The molecule has 0 saturated carbocycles. The Bertz CT molecular complexity index is 1160. The van der Waals surface area contributed by atoms with Gasteiger partial charge in [0.1, 0.15) is 23.8 Å². The number of nitrogens with zero attached hydrogens (tertiary/aromatic N) is 4. The number of para-hydroxylation sites is 1. The minimum absolute atomic E-state index is 0.105. The average molecular weight is 432 g/mol. The van der Waals surface area contributed by atoms with Gasteiger partial charge in [-0.1, -0.05) is 12.1 Å². The van der Waals surface area contributed by atoms with Crippen molar-refractivity contribution in [2.75, 3.05) is 42.5 Å². The van der Waals surface area contributed by atoms with Crippen molar-refractivity contribution in [2.24, 2.45) is 0 Å². The van der Waals surface area contributed by atoms with Crippen LogP contribution >= 0.6 is 0 Å². The fraction of sp³-hybridized carbons (Fsp3) is 0.208. The van der Waals surface area contributed by atoms with Crippen molar-refractivity contribution in [3.63, 3.8) is 0 Å². The number of carbonyl (C=O) groups excluding carboxylic acids is 2. The Morgan fingerprint density at radius 1 is 0.969 bits per heavy atom. The number of ether oxygens (including phenoxy) is 1. The number of carbonyl (C=O) groups is 2. The Morgan fingerprint density at radius 3 is 2.50 bits per heavy atom. The number of halogens is 1. The lowest BCUT2D eigenvalue weighted by atomic mass is 10.1. The van der Waals surface area contributed by atoms with E-state index in [-0.39, 0.29) is 24.2 Å². The molecular formula is C24H21FN4O3. The zero-order valence-corrected chi connectivity index (χ0v) is 17.3. The van der Waals surface area contributed by atoms with Crippen LogP contribution < -0.4 is 14.5 Å². The second kappa shape index (κ2) is 8.30. The second-order valence-corrected chi connectivity index (χ2v) is 7.66. The van der Waals surface area contributed by atoms with Gasteiger partial charge in [-0.05, 0) is 48.5 Å². The molecule has 0 N–H and O–H groups in total. The third kappa shape index (κ3) is 3.75. The predicted octanol–water partition coefficient (Wildman–Crippen LogP) is 3.32. The van der Waals surface area contributed by atoms with Crippen LogP contribution in [0.4, 0.5) is 15.8 Å². The van der Waals surface area contributed by atoms with Crippen LogP contribution in [0.25, 0.3) is 0 Å². The lowest BCUT2D eigenvalue weighted by Gasteiger charge is -2.37. The quantitative estimate of drug-likeness (QED) is 0.635. The number of hydrogen-bond donors (Lipinski definition) is 0. The fourth-order valence-corrected chi connectivity index (χ4v) is 4.02. The minimum Gasteiger partial charge on any atom is -0.436 e. The molecule has 0 radical (unpaired) electrons. The van der Waals surface area contributed by atoms with E-state index in [0.717, 1.165) is 5.69 Å². The molecule has 7 nitrogen and oxygen atoms in total. The fourth-order valence-electron chi connectivity index (χ4n) is 4.02. The molecule has 1 fully saturated rings. The Kier molecular flexibility index (Phi) is 5.18. The summed E-state index contributed by atoms with van der Waals surface area (Å²) < 4.78 is 19.1. The van der Waals surface area contributed by atoms with E-state index in [0.29, 0.717) is 49.1 Å². The molecule has 1 saturated heterocycles. The van der Waals surface area contributed by atoms with E-state index in [9.17, 15) is 14.0 Å². The number of amides is 2. The van der Waals surface area contributed by atoms with E-state index < -0.39 is 0 Å². The number of benzene rings is 2. The summed E-state index contributed by atoms with van der Waals surface area (Å²) in [5.74, 6) is -0.0121. The van der Waals surface area contributed by atoms with Crippen LogP contribution in [0.15, 0.2) is 66.9 Å². The molecule has 162 valence electrons. The van der Waals surface area contributed by atoms with Crippen molar-refractivity contribution in [3.05, 3.63) is 78.2 Å². The number of anilines is 2. The average Bonchev–Trinajstić information content (AvgIpc) is 2.94. The normalized spacial score (nSPS) is 15.5. The van der Waals surface area contributed by atoms with Crippen molar-refractivity contribution >= 4 is 23.2 Å². The van der Waals surface area contributed by atoms with Gasteiger partial charge in [-0.3, -0.25) is 14.5 Å². The van der Waals surface area contributed by atoms with Gasteiger partial charge in [-0.15, -0.1) is 0 Å². The van der Waals surface area contributed by atoms with Crippen LogP contribution in [-0.2, 0) is 4.79 Å². The third-order valence-corrected chi connectivity index (χ3v) is 5.73. The molecule has 2 aliphatic rings. The van der Waals surface area contributed by atoms with Gasteiger partial charge in [-0.25, -0.2) is 9.37 Å². The highest BCUT2D eigenvalue weighted by Gasteiger charge is 2.32. The van der Waals surface area contributed by atoms with Crippen molar-refractivity contribution in [1.29, 1.82) is 0 Å². The topological polar surface area (TPSA) is 66.0 Å². The van der Waals surface area contributed by atoms with Gasteiger partial charge in [-0.2, -0.15) is 0 Å². The lowest BCUT2D eigenvalue weighted by Crippen LogP contribution is -2.52. The molecule has 32 heavy (non-hydrogen) atoms. The zero-order valence-electron chi connectivity index (χ0n) is 17.3. The molecule has 0 atom stereocenters. The molecule has 5 rings (SSSR count). The van der Waals surface area contributed by atoms with Crippen LogP contribution in [0.5, 0.6) is 11.6 Å². The summed E-state index contributed by atoms with van der Waals surface area (Å²) in [5, 5.41) is 0. The van der Waals surface area contributed by atoms with E-state index in [1.54, 1.807) is 59.6 Å². The Hall–Kier alpha value is -3.94. The van der Waals surface area contributed by atoms with Gasteiger partial charge >= 0.3 is 0 Å². The van der Waals surface area contributed by atoms with Crippen LogP contribution in [0.1, 0.15) is 10.4 Å². The van der Waals surface area contributed by atoms with Crippen molar-refractivity contribution in [1.82, 2.24) is 9.88 Å². The van der Waals surface area contributed by atoms with Crippen LogP contribution in [0.3, 0.4) is 0 Å². The maximum absolute atomic E-state index is 13.3. The molecule has 0 spiro atoms. The highest BCUT2D eigenvalue weighted by molar-refractivity contribution is 6.11. The highest BCUT2D eigenvalue weighted by atomic mass is 19.1. The summed E-state index contributed by atoms with van der Waals surface area (Å²) in [5.41, 5.74) is 1.78. The number of hydrogen-bond acceptors (Lipinski definition) is 5. The van der Waals surface area contributed by atoms with Crippen molar-refractivity contribution < 1.29 is 18.7 Å². The monoisotopic (exact) mass is 432 g/mol. The highest BCUT2D eigenvalue weighted by Crippen LogP contribution is 2.37. The molecule has 8 heteroatoms. The molecule has 2 aliphatic heterocycles. The zero-order chi connectivity index (χ0) is 22.1. The number of pyridine rings is 1. The molecule has 0 bridgehead atoms. The van der Waals surface area contributed by atoms with Crippen LogP contribution in [-0.4, -0.2) is 54.4 Å². The van der Waals surface area contributed by atoms with Gasteiger partial charge < -0.3 is 14.5 Å². The van der Waals surface area contributed by atoms with Gasteiger partial charge in [0.05, 0.1) is 5.56 Å². The first-order chi connectivity index (χ1) is 15.6. The Morgan fingerprint density at radius 2 is 1.72 bits per heavy atom. The van der Waals surface area contributed by atoms with E-state index >= 15 is 0 Å². The number of rotatable bonds is 3. The molecule has 3 aromatic rings. The molecule has 1 aromatic heterocycles. The van der Waals surface area contributed by atoms with Crippen LogP contribution in [0, 0.1) is 5.82 Å². The number of piperazine rings is 1. The van der Waals surface area contributed by atoms with Crippen molar-refractivity contribution in [3.8, 4) is 11.6 Å². The van der Waals surface area contributed by atoms with E-state index in [1.165, 1.54) is 17.0 Å². The SMILES string of the molecule is O=C(CN1C(=O)c2ccccc2Oc2ncccc21)N1CCN(c2ccc(F)cc2)CC1. The van der Waals surface area contributed by atoms with Gasteiger partial charge in [0.2, 0.25) is 11.8 Å². The van der Waals surface area contributed by atoms with Gasteiger partial charge in [0.15, 0.2) is 0 Å². The Labute approximate surface area is 184 Å². The van der Waals surface area contributed by atoms with Crippen molar-refractivity contribution in [2.45, 2.75) is 0 Å². The second-order valence-electron chi connectivity index (χ2n) is 7.66. The third-order valence-electron chi connectivity index (χ3n) is 5.73. The van der Waals surface area contributed by atoms with E-state index in [1.807, 2.05) is 0 Å². The smallest absolute Gasteiger partial charge is 0.262 e. The van der Waals surface area contributed by atoms with Gasteiger partial charge in [0.25, 0.3) is 5.91 Å². The molecule has 2 aromatic carbocycles. The largest absolute Gasteiger partial charge is 0.436 e. The molecule has 2 amide bonds. The summed E-state index contributed by atoms with van der Waals surface area (Å²) in [6.07, 6.45) is 1.59. The summed E-state index contributed by atoms with van der Waals surface area (Å²) >= 11 is 0. The summed E-state index contributed by atoms with van der Waals surface area (Å²) in [6, 6.07) is 16.7. The maximum Gasteiger partial charge on any atom is 0.262 e. The Balaban J connectivity index is 1.33. The first-order valence-corrected chi connectivity index (χ1v) is 10.4. The molecule has 3 heterocycles. The summed E-state index contributed by atoms with van der Waals surface area (Å²) in [7, 11) is 0. The molecule has 0 unspecified atom stereocenters. The lowest BCUT2D eigenvalue weighted by molar-refractivity contribution is -0.129. The van der Waals surface area contributed by atoms with E-state index in [4.69, 9.17) is 4.74 Å². The first-order valence-electron chi connectivity index (χ1n) is 10.4. The maximum atomic E-state index is 13.3. The summed E-state index contributed by atoms with van der Waals surface area (Å²) in [4.78, 5) is 36.0.